The molecule has 0 aromatic carbocycles. The molecule has 1 heterocycles. The SMILES string of the molecule is CCCN(CC)CCNS(=O)(=O)c1ccc(C(N)=S)nc1. The van der Waals surface area contributed by atoms with Gasteiger partial charge in [-0.05, 0) is 31.6 Å². The first-order valence-electron chi connectivity index (χ1n) is 6.88. The fraction of sp³-hybridized carbons (Fsp3) is 0.538. The van der Waals surface area contributed by atoms with Crippen molar-refractivity contribution in [1.29, 1.82) is 0 Å². The molecule has 0 bridgehead atoms. The Bertz CT molecular complexity index is 558. The van der Waals surface area contributed by atoms with Crippen LogP contribution in [0.1, 0.15) is 26.0 Å². The van der Waals surface area contributed by atoms with Crippen LogP contribution in [0.25, 0.3) is 0 Å². The van der Waals surface area contributed by atoms with Crippen molar-refractivity contribution in [2.75, 3.05) is 26.2 Å². The second-order valence-corrected chi connectivity index (χ2v) is 6.78. The van der Waals surface area contributed by atoms with Crippen molar-refractivity contribution in [1.82, 2.24) is 14.6 Å². The van der Waals surface area contributed by atoms with Crippen molar-refractivity contribution in [3.8, 4) is 0 Å². The first-order valence-corrected chi connectivity index (χ1v) is 8.77. The molecule has 0 radical (unpaired) electrons. The molecule has 0 aliphatic heterocycles. The van der Waals surface area contributed by atoms with Gasteiger partial charge in [0.25, 0.3) is 0 Å². The summed E-state index contributed by atoms with van der Waals surface area (Å²) in [5.74, 6) is 0. The lowest BCUT2D eigenvalue weighted by atomic mass is 10.3. The molecule has 0 spiro atoms. The van der Waals surface area contributed by atoms with E-state index < -0.39 is 10.0 Å². The summed E-state index contributed by atoms with van der Waals surface area (Å²) in [6.45, 7) is 7.07. The number of aromatic nitrogens is 1. The van der Waals surface area contributed by atoms with Crippen LogP contribution in [0, 0.1) is 0 Å². The Labute approximate surface area is 131 Å². The Balaban J connectivity index is 2.62. The van der Waals surface area contributed by atoms with Crippen LogP contribution in [0.2, 0.25) is 0 Å². The van der Waals surface area contributed by atoms with E-state index in [1.54, 1.807) is 0 Å². The van der Waals surface area contributed by atoms with Gasteiger partial charge >= 0.3 is 0 Å². The third-order valence-electron chi connectivity index (χ3n) is 3.01. The van der Waals surface area contributed by atoms with Crippen LogP contribution in [0.5, 0.6) is 0 Å². The molecule has 118 valence electrons. The Kier molecular flexibility index (Phi) is 7.16. The van der Waals surface area contributed by atoms with Gasteiger partial charge in [-0.2, -0.15) is 0 Å². The summed E-state index contributed by atoms with van der Waals surface area (Å²) in [7, 11) is -3.54. The second-order valence-electron chi connectivity index (χ2n) is 4.58. The molecule has 0 saturated heterocycles. The fourth-order valence-electron chi connectivity index (χ4n) is 1.85. The van der Waals surface area contributed by atoms with E-state index in [-0.39, 0.29) is 9.88 Å². The monoisotopic (exact) mass is 330 g/mol. The molecule has 3 N–H and O–H groups in total. The maximum absolute atomic E-state index is 12.1. The molecule has 0 amide bonds. The van der Waals surface area contributed by atoms with Gasteiger partial charge in [0.1, 0.15) is 9.88 Å². The molecule has 0 atom stereocenters. The summed E-state index contributed by atoms with van der Waals surface area (Å²) in [5.41, 5.74) is 5.84. The minimum Gasteiger partial charge on any atom is -0.388 e. The third kappa shape index (κ3) is 5.66. The number of thiocarbonyl (C=S) groups is 1. The van der Waals surface area contributed by atoms with Crippen LogP contribution in [-0.4, -0.2) is 49.5 Å². The topological polar surface area (TPSA) is 88.3 Å². The highest BCUT2D eigenvalue weighted by Crippen LogP contribution is 2.07. The highest BCUT2D eigenvalue weighted by Gasteiger charge is 2.14. The van der Waals surface area contributed by atoms with Gasteiger partial charge in [0, 0.05) is 19.3 Å². The smallest absolute Gasteiger partial charge is 0.242 e. The van der Waals surface area contributed by atoms with Crippen LogP contribution in [0.15, 0.2) is 23.2 Å². The van der Waals surface area contributed by atoms with Crippen LogP contribution in [0.3, 0.4) is 0 Å². The van der Waals surface area contributed by atoms with Gasteiger partial charge in [0.05, 0.1) is 5.69 Å². The zero-order valence-corrected chi connectivity index (χ0v) is 14.0. The number of rotatable bonds is 9. The molecule has 21 heavy (non-hydrogen) atoms. The molecule has 0 fully saturated rings. The standard InChI is InChI=1S/C13H22N4O2S2/c1-3-8-17(4-2)9-7-16-21(18,19)11-5-6-12(13(14)20)15-10-11/h5-6,10,16H,3-4,7-9H2,1-2H3,(H2,14,20). The van der Waals surface area contributed by atoms with Crippen LogP contribution < -0.4 is 10.5 Å². The van der Waals surface area contributed by atoms with E-state index in [4.69, 9.17) is 18.0 Å². The first kappa shape index (κ1) is 18.0. The summed E-state index contributed by atoms with van der Waals surface area (Å²) < 4.78 is 26.8. The predicted octanol–water partition coefficient (Wildman–Crippen LogP) is 0.726. The molecule has 0 saturated carbocycles. The lowest BCUT2D eigenvalue weighted by molar-refractivity contribution is 0.293. The molecule has 8 heteroatoms. The molecule has 1 rings (SSSR count). The van der Waals surface area contributed by atoms with Crippen molar-refractivity contribution in [2.24, 2.45) is 5.73 Å². The summed E-state index contributed by atoms with van der Waals surface area (Å²) >= 11 is 4.78. The molecular weight excluding hydrogens is 308 g/mol. The average molecular weight is 330 g/mol. The number of hydrogen-bond acceptors (Lipinski definition) is 5. The summed E-state index contributed by atoms with van der Waals surface area (Å²) in [6, 6.07) is 2.96. The zero-order chi connectivity index (χ0) is 15.9. The van der Waals surface area contributed by atoms with Gasteiger partial charge in [-0.25, -0.2) is 13.1 Å². The van der Waals surface area contributed by atoms with Gasteiger partial charge in [0.2, 0.25) is 10.0 Å². The molecule has 1 aromatic heterocycles. The molecule has 1 aromatic rings. The van der Waals surface area contributed by atoms with E-state index in [0.29, 0.717) is 18.8 Å². The van der Waals surface area contributed by atoms with Crippen LogP contribution in [0.4, 0.5) is 0 Å². The summed E-state index contributed by atoms with van der Waals surface area (Å²) in [5, 5.41) is 0. The number of pyridine rings is 1. The molecular formula is C13H22N4O2S2. The predicted molar refractivity (Wildman–Crippen MR) is 87.7 cm³/mol. The lowest BCUT2D eigenvalue weighted by Crippen LogP contribution is -2.35. The average Bonchev–Trinajstić information content (AvgIpc) is 2.46. The van der Waals surface area contributed by atoms with E-state index in [1.807, 2.05) is 0 Å². The Morgan fingerprint density at radius 2 is 2.10 bits per heavy atom. The Morgan fingerprint density at radius 1 is 1.38 bits per heavy atom. The number of sulfonamides is 1. The molecule has 0 aliphatic carbocycles. The maximum atomic E-state index is 12.1. The van der Waals surface area contributed by atoms with Gasteiger partial charge in [-0.1, -0.05) is 26.1 Å². The minimum absolute atomic E-state index is 0.112. The van der Waals surface area contributed by atoms with Crippen molar-refractivity contribution < 1.29 is 8.42 Å². The van der Waals surface area contributed by atoms with Gasteiger partial charge in [-0.3, -0.25) is 4.98 Å². The number of nitrogens with zero attached hydrogens (tertiary/aromatic N) is 2. The fourth-order valence-corrected chi connectivity index (χ4v) is 2.94. The van der Waals surface area contributed by atoms with Gasteiger partial charge in [0.15, 0.2) is 0 Å². The van der Waals surface area contributed by atoms with E-state index >= 15 is 0 Å². The van der Waals surface area contributed by atoms with Crippen molar-refractivity contribution in [3.63, 3.8) is 0 Å². The van der Waals surface area contributed by atoms with Crippen molar-refractivity contribution >= 4 is 27.2 Å². The summed E-state index contributed by atoms with van der Waals surface area (Å²) in [6.07, 6.45) is 2.31. The number of likely N-dealkylation sites (N-methyl/N-ethyl adjacent to an activating group) is 1. The first-order chi connectivity index (χ1) is 9.90. The minimum atomic E-state index is -3.54. The van der Waals surface area contributed by atoms with Crippen molar-refractivity contribution in [3.05, 3.63) is 24.0 Å². The van der Waals surface area contributed by atoms with Gasteiger partial charge < -0.3 is 10.6 Å². The van der Waals surface area contributed by atoms with E-state index in [1.165, 1.54) is 18.3 Å². The molecule has 6 nitrogen and oxygen atoms in total. The van der Waals surface area contributed by atoms with Gasteiger partial charge in [-0.15, -0.1) is 0 Å². The Hall–Kier alpha value is -1.09. The lowest BCUT2D eigenvalue weighted by Gasteiger charge is -2.19. The molecule has 0 aliphatic rings. The maximum Gasteiger partial charge on any atom is 0.242 e. The quantitative estimate of drug-likeness (QED) is 0.649. The molecule has 0 unspecified atom stereocenters. The number of hydrogen-bond donors (Lipinski definition) is 2. The van der Waals surface area contributed by atoms with E-state index in [9.17, 15) is 8.42 Å². The highest BCUT2D eigenvalue weighted by atomic mass is 32.2. The largest absolute Gasteiger partial charge is 0.388 e. The van der Waals surface area contributed by atoms with E-state index in [0.717, 1.165) is 19.5 Å². The third-order valence-corrected chi connectivity index (χ3v) is 4.66. The number of nitrogens with one attached hydrogen (secondary N) is 1. The normalized spacial score (nSPS) is 11.8. The Morgan fingerprint density at radius 3 is 2.57 bits per heavy atom. The highest BCUT2D eigenvalue weighted by molar-refractivity contribution is 7.89. The number of nitrogens with two attached hydrogens (primary N) is 1. The van der Waals surface area contributed by atoms with E-state index in [2.05, 4.69) is 28.5 Å². The van der Waals surface area contributed by atoms with Crippen molar-refractivity contribution in [2.45, 2.75) is 25.2 Å². The van der Waals surface area contributed by atoms with Crippen LogP contribution >= 0.6 is 12.2 Å². The van der Waals surface area contributed by atoms with Crippen LogP contribution in [-0.2, 0) is 10.0 Å². The summed E-state index contributed by atoms with van der Waals surface area (Å²) in [4.78, 5) is 6.38. The second kappa shape index (κ2) is 8.38. The zero-order valence-electron chi connectivity index (χ0n) is 12.4.